The maximum Gasteiger partial charge on any atom is 0.237 e. The lowest BCUT2D eigenvalue weighted by Crippen LogP contribution is -1.94. The third-order valence-electron chi connectivity index (χ3n) is 0.889. The number of hydrogen-bond acceptors (Lipinski definition) is 1. The maximum absolute atomic E-state index is 5.11. The fourth-order valence-electron chi connectivity index (χ4n) is 0.348. The zero-order valence-corrected chi connectivity index (χ0v) is 5.32. The van der Waals surface area contributed by atoms with Crippen LogP contribution in [0.3, 0.4) is 0 Å². The molecule has 0 aliphatic heterocycles. The van der Waals surface area contributed by atoms with Crippen LogP contribution in [0.15, 0.2) is 0 Å². The molecule has 7 heavy (non-hydrogen) atoms. The van der Waals surface area contributed by atoms with Gasteiger partial charge in [-0.2, -0.15) is 4.74 Å². The summed E-state index contributed by atoms with van der Waals surface area (Å²) in [5, 5.41) is 0. The van der Waals surface area contributed by atoms with Gasteiger partial charge in [0.15, 0.2) is 0 Å². The Bertz CT molecular complexity index is 35.2. The molecule has 0 atom stereocenters. The summed E-state index contributed by atoms with van der Waals surface area (Å²) in [6, 6.07) is 0. The Morgan fingerprint density at radius 1 is 1.43 bits per heavy atom. The molecule has 1 heteroatoms. The highest BCUT2D eigenvalue weighted by Gasteiger charge is 2.07. The van der Waals surface area contributed by atoms with Gasteiger partial charge in [0, 0.05) is 0 Å². The molecule has 0 unspecified atom stereocenters. The molecule has 1 nitrogen and oxygen atoms in total. The van der Waals surface area contributed by atoms with Gasteiger partial charge in [0.25, 0.3) is 0 Å². The molecule has 0 rings (SSSR count). The largest absolute Gasteiger partial charge is 0.237 e. The van der Waals surface area contributed by atoms with Crippen LogP contribution in [0.4, 0.5) is 0 Å². The summed E-state index contributed by atoms with van der Waals surface area (Å²) in [7, 11) is 0. The van der Waals surface area contributed by atoms with Crippen LogP contribution >= 0.6 is 0 Å². The second-order valence-electron chi connectivity index (χ2n) is 1.49. The van der Waals surface area contributed by atoms with E-state index in [9.17, 15) is 0 Å². The molecule has 0 heterocycles. The summed E-state index contributed by atoms with van der Waals surface area (Å²) in [5.74, 6) is 0. The molecule has 0 aromatic heterocycles. The Labute approximate surface area is 45.7 Å². The fraction of sp³-hybridized carbons (Fsp3) is 0.833. The van der Waals surface area contributed by atoms with E-state index in [0.29, 0.717) is 0 Å². The van der Waals surface area contributed by atoms with E-state index in [1.54, 1.807) is 0 Å². The second-order valence-corrected chi connectivity index (χ2v) is 1.49. The standard InChI is InChI=1S/C6H13O/c1-4-6(3)7-5-2/h4-5H2,1-3H3/q+1. The van der Waals surface area contributed by atoms with Gasteiger partial charge in [0.1, 0.15) is 13.3 Å². The van der Waals surface area contributed by atoms with Crippen LogP contribution in [0, 0.1) is 6.10 Å². The van der Waals surface area contributed by atoms with Crippen molar-refractivity contribution < 1.29 is 4.74 Å². The first kappa shape index (κ1) is 6.83. The van der Waals surface area contributed by atoms with Crippen molar-refractivity contribution in [2.24, 2.45) is 0 Å². The summed E-state index contributed by atoms with van der Waals surface area (Å²) >= 11 is 0. The average Bonchev–Trinajstić information content (AvgIpc) is 1.68. The SMILES string of the molecule is CCO[C+](C)CC. The van der Waals surface area contributed by atoms with E-state index in [0.717, 1.165) is 19.1 Å². The summed E-state index contributed by atoms with van der Waals surface area (Å²) in [6.07, 6.45) is 2.16. The predicted octanol–water partition coefficient (Wildman–Crippen LogP) is 1.98. The highest BCUT2D eigenvalue weighted by Crippen LogP contribution is 2.03. The van der Waals surface area contributed by atoms with Gasteiger partial charge < -0.3 is 0 Å². The van der Waals surface area contributed by atoms with E-state index in [2.05, 4.69) is 6.92 Å². The van der Waals surface area contributed by atoms with Gasteiger partial charge in [-0.1, -0.05) is 0 Å². The van der Waals surface area contributed by atoms with E-state index in [4.69, 9.17) is 4.74 Å². The van der Waals surface area contributed by atoms with Gasteiger partial charge in [-0.15, -0.1) is 0 Å². The van der Waals surface area contributed by atoms with Crippen LogP contribution in [0.5, 0.6) is 0 Å². The molecule has 0 N–H and O–H groups in total. The van der Waals surface area contributed by atoms with Crippen molar-refractivity contribution >= 4 is 0 Å². The first-order valence-electron chi connectivity index (χ1n) is 2.76. The van der Waals surface area contributed by atoms with E-state index in [1.165, 1.54) is 0 Å². The summed E-state index contributed by atoms with van der Waals surface area (Å²) in [4.78, 5) is 0. The van der Waals surface area contributed by atoms with Crippen molar-refractivity contribution in [2.75, 3.05) is 6.61 Å². The third-order valence-corrected chi connectivity index (χ3v) is 0.889. The highest BCUT2D eigenvalue weighted by atomic mass is 16.5. The topological polar surface area (TPSA) is 9.23 Å². The minimum Gasteiger partial charge on any atom is -0.195 e. The molecule has 0 aromatic carbocycles. The maximum atomic E-state index is 5.11. The minimum absolute atomic E-state index is 0.805. The normalized spacial score (nSPS) is 9.00. The van der Waals surface area contributed by atoms with Gasteiger partial charge in [-0.3, -0.25) is 0 Å². The molecule has 0 saturated heterocycles. The van der Waals surface area contributed by atoms with E-state index in [-0.39, 0.29) is 0 Å². The molecule has 42 valence electrons. The first-order valence-corrected chi connectivity index (χ1v) is 2.76. The molecule has 0 aromatic rings. The lowest BCUT2D eigenvalue weighted by atomic mass is 10.3. The Hall–Kier alpha value is -0.170. The van der Waals surface area contributed by atoms with Crippen LogP contribution < -0.4 is 0 Å². The molecule has 0 bridgehead atoms. The first-order chi connectivity index (χ1) is 3.31. The summed E-state index contributed by atoms with van der Waals surface area (Å²) < 4.78 is 5.11. The van der Waals surface area contributed by atoms with Crippen molar-refractivity contribution in [3.8, 4) is 0 Å². The molecule has 0 aliphatic rings. The molecular weight excluding hydrogens is 88.1 g/mol. The van der Waals surface area contributed by atoms with Crippen molar-refractivity contribution in [1.29, 1.82) is 0 Å². The lowest BCUT2D eigenvalue weighted by molar-refractivity contribution is 0.158. The Balaban J connectivity index is 2.83. The van der Waals surface area contributed by atoms with Crippen LogP contribution in [-0.2, 0) is 4.74 Å². The zero-order chi connectivity index (χ0) is 5.70. The Kier molecular flexibility index (Phi) is 3.90. The molecule has 0 saturated carbocycles. The summed E-state index contributed by atoms with van der Waals surface area (Å²) in [5.41, 5.74) is 0. The van der Waals surface area contributed by atoms with E-state index in [1.807, 2.05) is 13.8 Å². The van der Waals surface area contributed by atoms with E-state index < -0.39 is 0 Å². The van der Waals surface area contributed by atoms with Crippen LogP contribution in [-0.4, -0.2) is 6.61 Å². The monoisotopic (exact) mass is 101 g/mol. The van der Waals surface area contributed by atoms with Gasteiger partial charge in [-0.25, -0.2) is 0 Å². The van der Waals surface area contributed by atoms with E-state index >= 15 is 0 Å². The van der Waals surface area contributed by atoms with Crippen molar-refractivity contribution in [3.63, 3.8) is 0 Å². The van der Waals surface area contributed by atoms with Gasteiger partial charge >= 0.3 is 0 Å². The number of rotatable bonds is 3. The molecule has 0 amide bonds. The van der Waals surface area contributed by atoms with Crippen molar-refractivity contribution in [2.45, 2.75) is 27.2 Å². The number of hydrogen-bond donors (Lipinski definition) is 0. The molecule has 0 fully saturated rings. The molecular formula is C6H13O+. The van der Waals surface area contributed by atoms with Crippen molar-refractivity contribution in [1.82, 2.24) is 0 Å². The predicted molar refractivity (Wildman–Crippen MR) is 30.8 cm³/mol. The second kappa shape index (κ2) is 4.00. The summed E-state index contributed by atoms with van der Waals surface area (Å²) in [6.45, 7) is 6.90. The number of ether oxygens (including phenoxy) is 1. The van der Waals surface area contributed by atoms with Crippen LogP contribution in [0.25, 0.3) is 0 Å². The average molecular weight is 101 g/mol. The lowest BCUT2D eigenvalue weighted by Gasteiger charge is -1.90. The van der Waals surface area contributed by atoms with Crippen LogP contribution in [0.2, 0.25) is 0 Å². The van der Waals surface area contributed by atoms with Gasteiger partial charge in [0.2, 0.25) is 6.10 Å². The zero-order valence-electron chi connectivity index (χ0n) is 5.32. The Morgan fingerprint density at radius 3 is 2.14 bits per heavy atom. The quantitative estimate of drug-likeness (QED) is 0.494. The molecule has 0 radical (unpaired) electrons. The fourth-order valence-corrected chi connectivity index (χ4v) is 0.348. The third kappa shape index (κ3) is 3.67. The smallest absolute Gasteiger partial charge is 0.195 e. The van der Waals surface area contributed by atoms with Crippen LogP contribution in [0.1, 0.15) is 27.2 Å². The van der Waals surface area contributed by atoms with Crippen molar-refractivity contribution in [3.05, 3.63) is 6.10 Å². The van der Waals surface area contributed by atoms with Gasteiger partial charge in [-0.05, 0) is 13.8 Å². The minimum atomic E-state index is 0.805. The van der Waals surface area contributed by atoms with Gasteiger partial charge in [0.05, 0.1) is 6.61 Å². The highest BCUT2D eigenvalue weighted by molar-refractivity contribution is 4.65. The molecule has 0 aliphatic carbocycles. The Morgan fingerprint density at radius 2 is 2.00 bits per heavy atom. The molecule has 0 spiro atoms.